The highest BCUT2D eigenvalue weighted by Gasteiger charge is 2.67. The fourth-order valence-corrected chi connectivity index (χ4v) is 13.7. The molecule has 4 aliphatic rings. The lowest BCUT2D eigenvalue weighted by atomic mass is 9.82. The van der Waals surface area contributed by atoms with E-state index in [0.29, 0.717) is 42.9 Å². The summed E-state index contributed by atoms with van der Waals surface area (Å²) in [7, 11) is -1.03. The van der Waals surface area contributed by atoms with Gasteiger partial charge in [-0.2, -0.15) is 0 Å². The summed E-state index contributed by atoms with van der Waals surface area (Å²) >= 11 is 0. The number of aliphatic hydroxyl groups is 1. The van der Waals surface area contributed by atoms with Gasteiger partial charge in [0.15, 0.2) is 5.60 Å². The van der Waals surface area contributed by atoms with E-state index in [2.05, 4.69) is 13.1 Å². The van der Waals surface area contributed by atoms with Crippen LogP contribution in [0.3, 0.4) is 0 Å². The van der Waals surface area contributed by atoms with Crippen molar-refractivity contribution in [3.63, 3.8) is 0 Å². The number of carbonyl (C=O) groups is 3. The van der Waals surface area contributed by atoms with Crippen LogP contribution in [0, 0.1) is 16.0 Å². The van der Waals surface area contributed by atoms with E-state index in [0.717, 1.165) is 27.6 Å². The van der Waals surface area contributed by atoms with Gasteiger partial charge in [-0.05, 0) is 59.0 Å². The van der Waals surface area contributed by atoms with Gasteiger partial charge in [0, 0.05) is 48.8 Å². The lowest BCUT2D eigenvalue weighted by Crippen LogP contribution is -2.52. The van der Waals surface area contributed by atoms with Crippen LogP contribution in [-0.4, -0.2) is 73.1 Å². The first-order valence-electron chi connectivity index (χ1n) is 19.2. The molecule has 4 heterocycles. The maximum atomic E-state index is 15.3. The molecule has 2 saturated heterocycles. The first-order chi connectivity index (χ1) is 26.9. The van der Waals surface area contributed by atoms with E-state index in [1.165, 1.54) is 12.1 Å². The highest BCUT2D eigenvalue weighted by molar-refractivity contribution is 6.91. The van der Waals surface area contributed by atoms with Gasteiger partial charge in [-0.15, -0.1) is 0 Å². The topological polar surface area (TPSA) is 143 Å². The molecule has 1 N–H and O–H groups in total. The third kappa shape index (κ3) is 6.09. The number of hydrogen-bond donors (Lipinski definition) is 1. The fraction of sp³-hybridized carbons (Fsp3) is 0.372. The van der Waals surface area contributed by atoms with Crippen molar-refractivity contribution in [2.75, 3.05) is 30.1 Å². The molecule has 2 fully saturated rings. The Labute approximate surface area is 326 Å². The van der Waals surface area contributed by atoms with Crippen molar-refractivity contribution in [3.05, 3.63) is 123 Å². The zero-order valence-electron chi connectivity index (χ0n) is 32.0. The molecule has 13 heteroatoms. The maximum Gasteiger partial charge on any atom is 0.269 e. The van der Waals surface area contributed by atoms with E-state index in [4.69, 9.17) is 9.47 Å². The van der Waals surface area contributed by atoms with Gasteiger partial charge < -0.3 is 29.3 Å². The monoisotopic (exact) mass is 774 g/mol. The lowest BCUT2D eigenvalue weighted by molar-refractivity contribution is -0.385. The van der Waals surface area contributed by atoms with Crippen LogP contribution in [0.15, 0.2) is 91.0 Å². The smallest absolute Gasteiger partial charge is 0.269 e. The number of hydrogen-bond acceptors (Lipinski definition) is 8. The highest BCUT2D eigenvalue weighted by atomic mass is 28.3. The predicted molar refractivity (Wildman–Crippen MR) is 213 cm³/mol. The Morgan fingerprint density at radius 3 is 2.36 bits per heavy atom. The SMILES string of the molecule is COc1ccc([Si](C)(C)[C@H]2[C@H](CC(=O)N3Cc4ccccc4C[C@H]3CO)O[C@@]3(C(=O)N(Cc4ccc(N5CCC5=O)cc4)c4ccc([N+](=O)[O-])cc43)[C@@H]2C)cc1. The molecule has 4 aromatic carbocycles. The molecule has 4 aliphatic heterocycles. The highest BCUT2D eigenvalue weighted by Crippen LogP contribution is 2.60. The number of nitrogens with zero attached hydrogens (tertiary/aromatic N) is 4. The second-order valence-corrected chi connectivity index (χ2v) is 20.7. The number of nitro groups is 1. The van der Waals surface area contributed by atoms with Crippen LogP contribution in [0.5, 0.6) is 5.75 Å². The van der Waals surface area contributed by atoms with E-state index >= 15 is 4.79 Å². The molecule has 8 rings (SSSR count). The summed E-state index contributed by atoms with van der Waals surface area (Å²) < 4.78 is 12.6. The Hall–Kier alpha value is -5.37. The molecule has 0 unspecified atom stereocenters. The molecule has 4 aromatic rings. The summed E-state index contributed by atoms with van der Waals surface area (Å²) in [5.41, 5.74) is 2.64. The van der Waals surface area contributed by atoms with Crippen LogP contribution >= 0.6 is 0 Å². The molecule has 290 valence electrons. The number of anilines is 2. The van der Waals surface area contributed by atoms with Crippen molar-refractivity contribution < 1.29 is 33.9 Å². The standard InChI is InChI=1S/C43H46N4O8Si/c1-27-41(56(3,4)35-16-14-34(54-2)15-17-35)38(23-40(50)45-25-30-8-6-5-7-29(30)21-33(45)26-48)55-43(27)36-22-32(47(52)53)13-18-37(36)46(42(43)51)24-28-9-11-31(12-10-28)44-20-19-39(44)49/h5-18,22,27,33,38,41,48H,19-21,23-26H2,1-4H3/t27-,33+,38+,41-,43+/m1/s1. The van der Waals surface area contributed by atoms with E-state index in [1.807, 2.05) is 79.7 Å². The minimum atomic E-state index is -2.64. The number of β-lactam (4-membered cyclic amide) rings is 1. The Morgan fingerprint density at radius 1 is 1.02 bits per heavy atom. The zero-order valence-corrected chi connectivity index (χ0v) is 33.0. The number of non-ortho nitro benzene ring substituents is 1. The zero-order chi connectivity index (χ0) is 39.5. The second-order valence-electron chi connectivity index (χ2n) is 16.0. The summed E-state index contributed by atoms with van der Waals surface area (Å²) in [6.45, 7) is 7.43. The number of ether oxygens (including phenoxy) is 2. The van der Waals surface area contributed by atoms with Crippen molar-refractivity contribution in [1.82, 2.24) is 4.90 Å². The van der Waals surface area contributed by atoms with Crippen LogP contribution in [-0.2, 0) is 44.2 Å². The van der Waals surface area contributed by atoms with Gasteiger partial charge in [-0.25, -0.2) is 0 Å². The Kier molecular flexibility index (Phi) is 9.58. The lowest BCUT2D eigenvalue weighted by Gasteiger charge is -2.39. The summed E-state index contributed by atoms with van der Waals surface area (Å²) in [5, 5.41) is 23.8. The molecule has 12 nitrogen and oxygen atoms in total. The van der Waals surface area contributed by atoms with Crippen molar-refractivity contribution in [1.29, 1.82) is 0 Å². The van der Waals surface area contributed by atoms with Crippen LogP contribution in [0.2, 0.25) is 18.6 Å². The van der Waals surface area contributed by atoms with Crippen LogP contribution < -0.4 is 19.7 Å². The molecule has 0 aliphatic carbocycles. The third-order valence-corrected chi connectivity index (χ3v) is 17.1. The van der Waals surface area contributed by atoms with E-state index in [9.17, 15) is 24.8 Å². The molecule has 3 amide bonds. The summed E-state index contributed by atoms with van der Waals surface area (Å²) in [6.07, 6.45) is 0.296. The molecular formula is C43H46N4O8Si. The van der Waals surface area contributed by atoms with Gasteiger partial charge in [-0.1, -0.05) is 73.7 Å². The molecule has 56 heavy (non-hydrogen) atoms. The maximum absolute atomic E-state index is 15.3. The minimum absolute atomic E-state index is 0.0315. The summed E-state index contributed by atoms with van der Waals surface area (Å²) in [6, 6.07) is 27.5. The van der Waals surface area contributed by atoms with Gasteiger partial charge in [0.1, 0.15) is 5.75 Å². The Morgan fingerprint density at radius 2 is 1.73 bits per heavy atom. The average molecular weight is 775 g/mol. The van der Waals surface area contributed by atoms with Gasteiger partial charge in [0.05, 0.1) is 57.5 Å². The predicted octanol–water partition coefficient (Wildman–Crippen LogP) is 5.44. The molecule has 0 radical (unpaired) electrons. The first kappa shape index (κ1) is 37.5. The van der Waals surface area contributed by atoms with Crippen LogP contribution in [0.1, 0.15) is 42.0 Å². The number of aliphatic hydroxyl groups excluding tert-OH is 1. The van der Waals surface area contributed by atoms with Gasteiger partial charge >= 0.3 is 0 Å². The molecule has 1 spiro atoms. The average Bonchev–Trinajstić information content (AvgIpc) is 3.62. The summed E-state index contributed by atoms with van der Waals surface area (Å²) in [4.78, 5) is 58.8. The second kappa shape index (κ2) is 14.3. The number of carbonyl (C=O) groups excluding carboxylic acids is 3. The normalized spacial score (nSPS) is 24.3. The molecule has 0 aromatic heterocycles. The van der Waals surface area contributed by atoms with Crippen molar-refractivity contribution >= 4 is 48.0 Å². The number of benzene rings is 4. The Balaban J connectivity index is 1.19. The molecule has 5 atom stereocenters. The minimum Gasteiger partial charge on any atom is -0.497 e. The number of amides is 3. The fourth-order valence-electron chi connectivity index (χ4n) is 9.66. The summed E-state index contributed by atoms with van der Waals surface area (Å²) in [5.74, 6) is -0.220. The molecule has 0 saturated carbocycles. The van der Waals surface area contributed by atoms with E-state index in [1.54, 1.807) is 27.9 Å². The van der Waals surface area contributed by atoms with E-state index in [-0.39, 0.29) is 48.5 Å². The Bertz CT molecular complexity index is 2210. The number of nitro benzene ring substituents is 1. The van der Waals surface area contributed by atoms with Gasteiger partial charge in [0.25, 0.3) is 11.6 Å². The van der Waals surface area contributed by atoms with Gasteiger partial charge in [-0.3, -0.25) is 24.5 Å². The van der Waals surface area contributed by atoms with Crippen LogP contribution in [0.25, 0.3) is 0 Å². The number of rotatable bonds is 10. The number of methoxy groups -OCH3 is 1. The molecule has 0 bridgehead atoms. The third-order valence-electron chi connectivity index (χ3n) is 12.7. The van der Waals surface area contributed by atoms with Crippen LogP contribution in [0.4, 0.5) is 17.1 Å². The van der Waals surface area contributed by atoms with E-state index < -0.39 is 36.7 Å². The van der Waals surface area contributed by atoms with Crippen molar-refractivity contribution in [3.8, 4) is 5.75 Å². The van der Waals surface area contributed by atoms with Crippen molar-refractivity contribution in [2.24, 2.45) is 5.92 Å². The van der Waals surface area contributed by atoms with Gasteiger partial charge in [0.2, 0.25) is 11.8 Å². The largest absolute Gasteiger partial charge is 0.497 e. The van der Waals surface area contributed by atoms with Crippen molar-refractivity contribution in [2.45, 2.75) is 75.7 Å². The first-order valence-corrected chi connectivity index (χ1v) is 22.2. The number of fused-ring (bicyclic) bond motifs is 3. The molecular weight excluding hydrogens is 729 g/mol. The quantitative estimate of drug-likeness (QED) is 0.0973.